The Hall–Kier alpha value is -7.86. The highest BCUT2D eigenvalue weighted by Gasteiger charge is 2.20. The van der Waals surface area contributed by atoms with Gasteiger partial charge in [0, 0.05) is 38.3 Å². The average Bonchev–Trinajstić information content (AvgIpc) is 3.89. The number of fused-ring (bicyclic) bond motifs is 9. The fourth-order valence-electron chi connectivity index (χ4n) is 8.78. The molecule has 11 aromatic rings. The first kappa shape index (κ1) is 30.7. The summed E-state index contributed by atoms with van der Waals surface area (Å²) >= 11 is 0. The first-order chi connectivity index (χ1) is 27.2. The summed E-state index contributed by atoms with van der Waals surface area (Å²) in [7, 11) is 0. The summed E-state index contributed by atoms with van der Waals surface area (Å²) in [5, 5.41) is 17.5. The lowest BCUT2D eigenvalue weighted by atomic mass is 9.99. The van der Waals surface area contributed by atoms with Crippen molar-refractivity contribution in [1.82, 2.24) is 13.7 Å². The topological polar surface area (TPSA) is 42.9 Å². The molecule has 0 spiro atoms. The van der Waals surface area contributed by atoms with E-state index >= 15 is 0 Å². The van der Waals surface area contributed by atoms with E-state index in [9.17, 15) is 5.26 Å². The standard InChI is InChI=1S/C50H29N5/c1-52-34-24-27-47-42(30-34)40-16-4-6-18-43(40)53(47)36-25-26-37(33(29-36)31-51)32-12-10-13-35(28-32)54-46-21-9-5-17-41(46)50-48(54)22-11-23-49(50)55-44-19-7-2-14-38(44)39-15-3-8-20-45(39)55/h2-30H. The number of nitriles is 1. The molecule has 11 rings (SSSR count). The molecule has 0 aliphatic heterocycles. The summed E-state index contributed by atoms with van der Waals surface area (Å²) in [6, 6.07) is 63.7. The molecule has 254 valence electrons. The van der Waals surface area contributed by atoms with Gasteiger partial charge in [-0.15, -0.1) is 0 Å². The molecule has 0 fully saturated rings. The maximum atomic E-state index is 10.6. The monoisotopic (exact) mass is 699 g/mol. The summed E-state index contributed by atoms with van der Waals surface area (Å²) < 4.78 is 6.94. The first-order valence-corrected chi connectivity index (χ1v) is 18.3. The second kappa shape index (κ2) is 11.8. The van der Waals surface area contributed by atoms with Gasteiger partial charge >= 0.3 is 0 Å². The van der Waals surface area contributed by atoms with Crippen molar-refractivity contribution in [2.45, 2.75) is 0 Å². The molecule has 8 aromatic carbocycles. The minimum Gasteiger partial charge on any atom is -0.309 e. The zero-order chi connectivity index (χ0) is 36.6. The van der Waals surface area contributed by atoms with E-state index in [1.165, 1.54) is 32.6 Å². The summed E-state index contributed by atoms with van der Waals surface area (Å²) in [4.78, 5) is 3.67. The lowest BCUT2D eigenvalue weighted by Gasteiger charge is -2.14. The van der Waals surface area contributed by atoms with Gasteiger partial charge in [-0.3, -0.25) is 0 Å². The molecule has 3 heterocycles. The van der Waals surface area contributed by atoms with Gasteiger partial charge in [0.05, 0.1) is 57.0 Å². The number of aromatic nitrogens is 3. The fraction of sp³-hybridized carbons (Fsp3) is 0. The van der Waals surface area contributed by atoms with Crippen molar-refractivity contribution >= 4 is 71.1 Å². The molecule has 0 amide bonds. The lowest BCUT2D eigenvalue weighted by molar-refractivity contribution is 1.17. The molecule has 0 aliphatic carbocycles. The summed E-state index contributed by atoms with van der Waals surface area (Å²) in [6.45, 7) is 7.57. The quantitative estimate of drug-likeness (QED) is 0.169. The number of hydrogen-bond acceptors (Lipinski definition) is 1. The minimum atomic E-state index is 0.592. The summed E-state index contributed by atoms with van der Waals surface area (Å²) in [5.41, 5.74) is 12.7. The van der Waals surface area contributed by atoms with Crippen LogP contribution in [0.25, 0.3) is 98.5 Å². The Morgan fingerprint density at radius 2 is 0.982 bits per heavy atom. The zero-order valence-electron chi connectivity index (χ0n) is 29.5. The van der Waals surface area contributed by atoms with E-state index in [4.69, 9.17) is 6.57 Å². The first-order valence-electron chi connectivity index (χ1n) is 18.3. The Morgan fingerprint density at radius 3 is 1.67 bits per heavy atom. The number of hydrogen-bond donors (Lipinski definition) is 0. The Morgan fingerprint density at radius 1 is 0.436 bits per heavy atom. The van der Waals surface area contributed by atoms with Crippen LogP contribution in [-0.2, 0) is 0 Å². The molecular formula is C50H29N5. The van der Waals surface area contributed by atoms with Crippen LogP contribution in [0.2, 0.25) is 0 Å². The van der Waals surface area contributed by atoms with Crippen LogP contribution in [0.15, 0.2) is 176 Å². The highest BCUT2D eigenvalue weighted by molar-refractivity contribution is 6.16. The SMILES string of the molecule is [C-]#[N+]c1ccc2c(c1)c1ccccc1n2-c1ccc(-c2cccc(-n3c4ccccc4c4c(-n5c6ccccc6c6ccccc65)cccc43)c2)c(C#N)c1. The van der Waals surface area contributed by atoms with Crippen molar-refractivity contribution in [3.05, 3.63) is 193 Å². The molecule has 0 bridgehead atoms. The molecule has 5 heteroatoms. The molecule has 0 unspecified atom stereocenters. The maximum Gasteiger partial charge on any atom is 0.188 e. The van der Waals surface area contributed by atoms with E-state index in [1.807, 2.05) is 36.4 Å². The van der Waals surface area contributed by atoms with E-state index in [0.29, 0.717) is 11.3 Å². The van der Waals surface area contributed by atoms with Crippen LogP contribution < -0.4 is 0 Å². The maximum absolute atomic E-state index is 10.6. The van der Waals surface area contributed by atoms with E-state index in [-0.39, 0.29) is 0 Å². The largest absolute Gasteiger partial charge is 0.309 e. The van der Waals surface area contributed by atoms with E-state index < -0.39 is 0 Å². The summed E-state index contributed by atoms with van der Waals surface area (Å²) in [5.74, 6) is 0. The van der Waals surface area contributed by atoms with Crippen molar-refractivity contribution < 1.29 is 0 Å². The molecule has 5 nitrogen and oxygen atoms in total. The Kier molecular flexibility index (Phi) is 6.61. The number of nitrogens with zero attached hydrogens (tertiary/aromatic N) is 5. The van der Waals surface area contributed by atoms with Gasteiger partial charge in [-0.2, -0.15) is 5.26 Å². The minimum absolute atomic E-state index is 0.592. The summed E-state index contributed by atoms with van der Waals surface area (Å²) in [6.07, 6.45) is 0. The molecule has 0 aliphatic rings. The highest BCUT2D eigenvalue weighted by atomic mass is 15.0. The Labute approximate surface area is 316 Å². The molecular weight excluding hydrogens is 671 g/mol. The molecule has 0 saturated carbocycles. The van der Waals surface area contributed by atoms with Crippen molar-refractivity contribution in [1.29, 1.82) is 5.26 Å². The predicted octanol–water partition coefficient (Wildman–Crippen LogP) is 13.1. The van der Waals surface area contributed by atoms with Crippen LogP contribution in [-0.4, -0.2) is 13.7 Å². The van der Waals surface area contributed by atoms with Crippen LogP contribution in [0.4, 0.5) is 5.69 Å². The van der Waals surface area contributed by atoms with Gasteiger partial charge in [0.1, 0.15) is 0 Å². The van der Waals surface area contributed by atoms with Gasteiger partial charge in [-0.25, -0.2) is 4.85 Å². The number of para-hydroxylation sites is 4. The number of rotatable bonds is 4. The predicted molar refractivity (Wildman–Crippen MR) is 226 cm³/mol. The normalized spacial score (nSPS) is 11.6. The van der Waals surface area contributed by atoms with E-state index in [0.717, 1.165) is 61.0 Å². The van der Waals surface area contributed by atoms with Gasteiger partial charge in [0.25, 0.3) is 0 Å². The molecule has 0 atom stereocenters. The highest BCUT2D eigenvalue weighted by Crippen LogP contribution is 2.41. The van der Waals surface area contributed by atoms with E-state index in [2.05, 4.69) is 164 Å². The van der Waals surface area contributed by atoms with Crippen LogP contribution in [0.3, 0.4) is 0 Å². The van der Waals surface area contributed by atoms with Crippen LogP contribution in [0.5, 0.6) is 0 Å². The smallest absolute Gasteiger partial charge is 0.188 e. The van der Waals surface area contributed by atoms with Crippen molar-refractivity contribution in [2.75, 3.05) is 0 Å². The third-order valence-corrected chi connectivity index (χ3v) is 11.1. The van der Waals surface area contributed by atoms with Crippen molar-refractivity contribution in [2.24, 2.45) is 0 Å². The fourth-order valence-corrected chi connectivity index (χ4v) is 8.78. The zero-order valence-corrected chi connectivity index (χ0v) is 29.5. The second-order valence-electron chi connectivity index (χ2n) is 14.0. The second-order valence-corrected chi connectivity index (χ2v) is 14.0. The van der Waals surface area contributed by atoms with Crippen LogP contribution in [0, 0.1) is 17.9 Å². The molecule has 3 aromatic heterocycles. The Bertz CT molecular complexity index is 3420. The molecule has 0 N–H and O–H groups in total. The lowest BCUT2D eigenvalue weighted by Crippen LogP contribution is -1.98. The van der Waals surface area contributed by atoms with Gasteiger partial charge < -0.3 is 13.7 Å². The van der Waals surface area contributed by atoms with Gasteiger partial charge in [0.2, 0.25) is 0 Å². The van der Waals surface area contributed by atoms with Crippen LogP contribution in [0.1, 0.15) is 5.56 Å². The van der Waals surface area contributed by atoms with Gasteiger partial charge in [-0.1, -0.05) is 103 Å². The van der Waals surface area contributed by atoms with Crippen molar-refractivity contribution in [3.63, 3.8) is 0 Å². The molecule has 55 heavy (non-hydrogen) atoms. The molecule has 0 radical (unpaired) electrons. The third kappa shape index (κ3) is 4.45. The number of benzene rings is 8. The third-order valence-electron chi connectivity index (χ3n) is 11.1. The van der Waals surface area contributed by atoms with Crippen molar-refractivity contribution in [3.8, 4) is 34.3 Å². The molecule has 0 saturated heterocycles. The Balaban J connectivity index is 1.09. The van der Waals surface area contributed by atoms with Crippen LogP contribution >= 0.6 is 0 Å². The van der Waals surface area contributed by atoms with Gasteiger partial charge in [0.15, 0.2) is 5.69 Å². The van der Waals surface area contributed by atoms with Gasteiger partial charge in [-0.05, 0) is 89.3 Å². The average molecular weight is 700 g/mol. The van der Waals surface area contributed by atoms with E-state index in [1.54, 1.807) is 0 Å².